The molecule has 0 bridgehead atoms. The van der Waals surface area contributed by atoms with Crippen molar-refractivity contribution in [3.05, 3.63) is 58.9 Å². The van der Waals surface area contributed by atoms with Gasteiger partial charge in [-0.05, 0) is 37.1 Å². The van der Waals surface area contributed by atoms with Gasteiger partial charge in [-0.2, -0.15) is 0 Å². The third-order valence-corrected chi connectivity index (χ3v) is 5.48. The van der Waals surface area contributed by atoms with E-state index in [1.165, 1.54) is 11.8 Å². The van der Waals surface area contributed by atoms with E-state index in [2.05, 4.69) is 10.3 Å². The number of benzene rings is 2. The Morgan fingerprint density at radius 2 is 1.83 bits per heavy atom. The maximum atomic E-state index is 13.0. The lowest BCUT2D eigenvalue weighted by molar-refractivity contribution is -0.115. The van der Waals surface area contributed by atoms with Gasteiger partial charge < -0.3 is 10.1 Å². The average Bonchev–Trinajstić information content (AvgIpc) is 2.71. The van der Waals surface area contributed by atoms with E-state index in [0.717, 1.165) is 0 Å². The van der Waals surface area contributed by atoms with E-state index in [-0.39, 0.29) is 17.4 Å². The highest BCUT2D eigenvalue weighted by atomic mass is 32.2. The lowest BCUT2D eigenvalue weighted by atomic mass is 10.2. The molecule has 0 aliphatic rings. The minimum Gasteiger partial charge on any atom is -0.495 e. The Morgan fingerprint density at radius 1 is 1.14 bits per heavy atom. The van der Waals surface area contributed by atoms with Gasteiger partial charge in [-0.1, -0.05) is 49.9 Å². The number of hydrogen-bond acceptors (Lipinski definition) is 5. The minimum absolute atomic E-state index is 0.0795. The maximum absolute atomic E-state index is 13.0. The molecule has 0 unspecified atom stereocenters. The van der Waals surface area contributed by atoms with Crippen LogP contribution in [0.4, 0.5) is 5.69 Å². The van der Waals surface area contributed by atoms with Crippen LogP contribution in [0.2, 0.25) is 0 Å². The number of fused-ring (bicyclic) bond motifs is 1. The number of nitrogens with one attached hydrogen (secondary N) is 1. The first-order valence-electron chi connectivity index (χ1n) is 9.50. The summed E-state index contributed by atoms with van der Waals surface area (Å²) in [7, 11) is 1.56. The zero-order chi connectivity index (χ0) is 21.0. The van der Waals surface area contributed by atoms with Gasteiger partial charge in [0.1, 0.15) is 5.75 Å². The van der Waals surface area contributed by atoms with Crippen molar-refractivity contribution in [3.63, 3.8) is 0 Å². The van der Waals surface area contributed by atoms with Crippen LogP contribution in [0.15, 0.2) is 58.5 Å². The van der Waals surface area contributed by atoms with E-state index in [0.29, 0.717) is 34.0 Å². The van der Waals surface area contributed by atoms with Gasteiger partial charge in [0.05, 0.1) is 29.0 Å². The maximum Gasteiger partial charge on any atom is 0.262 e. The van der Waals surface area contributed by atoms with Crippen LogP contribution < -0.4 is 15.6 Å². The van der Waals surface area contributed by atoms with Gasteiger partial charge in [0.15, 0.2) is 5.16 Å². The number of hydrogen-bond donors (Lipinski definition) is 1. The third kappa shape index (κ3) is 4.79. The molecule has 152 valence electrons. The average molecular weight is 412 g/mol. The predicted molar refractivity (Wildman–Crippen MR) is 118 cm³/mol. The molecule has 1 heterocycles. The molecule has 3 rings (SSSR count). The number of nitrogens with zero attached hydrogens (tertiary/aromatic N) is 2. The van der Waals surface area contributed by atoms with Crippen molar-refractivity contribution in [3.8, 4) is 5.75 Å². The van der Waals surface area contributed by atoms with Crippen LogP contribution in [0.3, 0.4) is 0 Å². The lowest BCUT2D eigenvalue weighted by Gasteiger charge is -2.18. The Hall–Kier alpha value is -2.80. The molecule has 0 aliphatic heterocycles. The molecular formula is C22H25N3O3S. The summed E-state index contributed by atoms with van der Waals surface area (Å²) in [6.07, 6.45) is 0. The SMILES string of the molecule is COc1ccccc1NC(=O)[C@@H](C)Sc1nc2ccccc2c(=O)n1CC(C)C. The fraction of sp³-hybridized carbons (Fsp3) is 0.318. The normalized spacial score (nSPS) is 12.2. The first kappa shape index (κ1) is 20.9. The Kier molecular flexibility index (Phi) is 6.59. The van der Waals surface area contributed by atoms with Crippen LogP contribution in [0.5, 0.6) is 5.75 Å². The molecule has 2 aromatic carbocycles. The van der Waals surface area contributed by atoms with Crippen LogP contribution in [0, 0.1) is 5.92 Å². The summed E-state index contributed by atoms with van der Waals surface area (Å²) < 4.78 is 6.96. The summed E-state index contributed by atoms with van der Waals surface area (Å²) in [6.45, 7) is 6.44. The number of carbonyl (C=O) groups excluding carboxylic acids is 1. The number of amides is 1. The Labute approximate surface area is 174 Å². The number of rotatable bonds is 7. The molecule has 0 saturated carbocycles. The van der Waals surface area contributed by atoms with Crippen LogP contribution in [0.25, 0.3) is 10.9 Å². The van der Waals surface area contributed by atoms with Gasteiger partial charge in [0.25, 0.3) is 5.56 Å². The summed E-state index contributed by atoms with van der Waals surface area (Å²) in [4.78, 5) is 30.4. The third-order valence-electron chi connectivity index (χ3n) is 4.39. The zero-order valence-electron chi connectivity index (χ0n) is 17.0. The van der Waals surface area contributed by atoms with E-state index in [9.17, 15) is 9.59 Å². The highest BCUT2D eigenvalue weighted by Crippen LogP contribution is 2.27. The van der Waals surface area contributed by atoms with E-state index in [4.69, 9.17) is 4.74 Å². The molecule has 29 heavy (non-hydrogen) atoms. The van der Waals surface area contributed by atoms with Crippen molar-refractivity contribution in [2.75, 3.05) is 12.4 Å². The van der Waals surface area contributed by atoms with Crippen molar-refractivity contribution in [1.29, 1.82) is 0 Å². The molecule has 3 aromatic rings. The Bertz CT molecular complexity index is 1080. The largest absolute Gasteiger partial charge is 0.495 e. The minimum atomic E-state index is -0.452. The van der Waals surface area contributed by atoms with Gasteiger partial charge in [0.2, 0.25) is 5.91 Å². The Balaban J connectivity index is 1.89. The van der Waals surface area contributed by atoms with Crippen LogP contribution in [-0.4, -0.2) is 27.8 Å². The van der Waals surface area contributed by atoms with Crippen molar-refractivity contribution in [1.82, 2.24) is 9.55 Å². The van der Waals surface area contributed by atoms with Gasteiger partial charge in [-0.15, -0.1) is 0 Å². The van der Waals surface area contributed by atoms with E-state index in [1.54, 1.807) is 36.8 Å². The molecule has 0 spiro atoms. The quantitative estimate of drug-likeness (QED) is 0.466. The molecule has 1 N–H and O–H groups in total. The molecular weight excluding hydrogens is 386 g/mol. The molecule has 0 saturated heterocycles. The second kappa shape index (κ2) is 9.13. The number of thioether (sulfide) groups is 1. The van der Waals surface area contributed by atoms with Crippen molar-refractivity contribution >= 4 is 34.3 Å². The second-order valence-electron chi connectivity index (χ2n) is 7.17. The number of aromatic nitrogens is 2. The molecule has 1 atom stereocenters. The molecule has 0 radical (unpaired) electrons. The fourth-order valence-electron chi connectivity index (χ4n) is 2.96. The highest BCUT2D eigenvalue weighted by molar-refractivity contribution is 8.00. The standard InChI is InChI=1S/C22H25N3O3S/c1-14(2)13-25-21(27)16-9-5-6-10-17(16)24-22(25)29-15(3)20(26)23-18-11-7-8-12-19(18)28-4/h5-12,14-15H,13H2,1-4H3,(H,23,26)/t15-/m1/s1. The van der Waals surface area contributed by atoms with Gasteiger partial charge in [0, 0.05) is 6.54 Å². The molecule has 0 aliphatic carbocycles. The number of methoxy groups -OCH3 is 1. The second-order valence-corrected chi connectivity index (χ2v) is 8.48. The summed E-state index contributed by atoms with van der Waals surface area (Å²) in [5, 5.41) is 3.57. The summed E-state index contributed by atoms with van der Waals surface area (Å²) >= 11 is 1.28. The van der Waals surface area contributed by atoms with E-state index >= 15 is 0 Å². The highest BCUT2D eigenvalue weighted by Gasteiger charge is 2.20. The number of ether oxygens (including phenoxy) is 1. The van der Waals surface area contributed by atoms with Gasteiger partial charge in [-0.3, -0.25) is 14.2 Å². The topological polar surface area (TPSA) is 73.2 Å². The number of anilines is 1. The fourth-order valence-corrected chi connectivity index (χ4v) is 3.88. The molecule has 1 aromatic heterocycles. The van der Waals surface area contributed by atoms with Crippen LogP contribution >= 0.6 is 11.8 Å². The first-order chi connectivity index (χ1) is 13.9. The van der Waals surface area contributed by atoms with E-state index < -0.39 is 5.25 Å². The molecule has 7 heteroatoms. The van der Waals surface area contributed by atoms with Crippen molar-refractivity contribution < 1.29 is 9.53 Å². The van der Waals surface area contributed by atoms with Gasteiger partial charge >= 0.3 is 0 Å². The first-order valence-corrected chi connectivity index (χ1v) is 10.4. The molecule has 0 fully saturated rings. The Morgan fingerprint density at radius 3 is 2.55 bits per heavy atom. The van der Waals surface area contributed by atoms with Crippen molar-refractivity contribution in [2.24, 2.45) is 5.92 Å². The number of para-hydroxylation sites is 3. The smallest absolute Gasteiger partial charge is 0.262 e. The number of carbonyl (C=O) groups is 1. The van der Waals surface area contributed by atoms with Crippen LogP contribution in [0.1, 0.15) is 20.8 Å². The summed E-state index contributed by atoms with van der Waals surface area (Å²) in [6, 6.07) is 14.6. The van der Waals surface area contributed by atoms with E-state index in [1.807, 2.05) is 44.2 Å². The van der Waals surface area contributed by atoms with Crippen LogP contribution in [-0.2, 0) is 11.3 Å². The monoisotopic (exact) mass is 411 g/mol. The molecule has 6 nitrogen and oxygen atoms in total. The van der Waals surface area contributed by atoms with Crippen molar-refractivity contribution in [2.45, 2.75) is 37.7 Å². The lowest BCUT2D eigenvalue weighted by Crippen LogP contribution is -2.28. The van der Waals surface area contributed by atoms with Gasteiger partial charge in [-0.25, -0.2) is 4.98 Å². The predicted octanol–water partition coefficient (Wildman–Crippen LogP) is 4.18. The zero-order valence-corrected chi connectivity index (χ0v) is 17.8. The molecule has 1 amide bonds. The summed E-state index contributed by atoms with van der Waals surface area (Å²) in [5.41, 5.74) is 1.17. The summed E-state index contributed by atoms with van der Waals surface area (Å²) in [5.74, 6) is 0.685.